The van der Waals surface area contributed by atoms with Crippen molar-refractivity contribution >= 4 is 12.2 Å². The van der Waals surface area contributed by atoms with Gasteiger partial charge in [0.05, 0.1) is 0 Å². The van der Waals surface area contributed by atoms with Crippen LogP contribution in [-0.2, 0) is 46.9 Å². The molecule has 2 aliphatic rings. The third-order valence-corrected chi connectivity index (χ3v) is 8.06. The van der Waals surface area contributed by atoms with Crippen LogP contribution in [0.1, 0.15) is 46.6 Å². The second-order valence-corrected chi connectivity index (χ2v) is 11.6. The second kappa shape index (κ2) is 9.03. The van der Waals surface area contributed by atoms with Crippen LogP contribution in [-0.4, -0.2) is 58.0 Å². The zero-order chi connectivity index (χ0) is 22.1. The molecule has 1 aromatic rings. The molecule has 7 nitrogen and oxygen atoms in total. The number of carbonyl (C=O) groups is 2. The van der Waals surface area contributed by atoms with E-state index in [2.05, 4.69) is 0 Å². The van der Waals surface area contributed by atoms with E-state index in [1.54, 1.807) is 9.80 Å². The molecule has 0 aromatic heterocycles. The first-order valence-corrected chi connectivity index (χ1v) is 14.4. The quantitative estimate of drug-likeness (QED) is 0.487. The van der Waals surface area contributed by atoms with Gasteiger partial charge in [0.1, 0.15) is 0 Å². The van der Waals surface area contributed by atoms with Gasteiger partial charge in [-0.3, -0.25) is 0 Å². The van der Waals surface area contributed by atoms with Gasteiger partial charge in [-0.1, -0.05) is 0 Å². The van der Waals surface area contributed by atoms with Gasteiger partial charge in [0.15, 0.2) is 0 Å². The molecule has 161 valence electrons. The number of nitrogens with zero attached hydrogens (tertiary/aromatic N) is 2. The van der Waals surface area contributed by atoms with Crippen molar-refractivity contribution in [2.75, 3.05) is 6.54 Å². The molecule has 2 fully saturated rings. The second-order valence-electron chi connectivity index (χ2n) is 9.39. The first kappa shape index (κ1) is 23.3. The number of fused-ring (bicyclic) bond motifs is 1. The fourth-order valence-corrected chi connectivity index (χ4v) is 6.32. The van der Waals surface area contributed by atoms with Crippen LogP contribution in [0.5, 0.6) is 0 Å². The molecule has 2 heterocycles. The Morgan fingerprint density at radius 1 is 1.20 bits per heavy atom. The van der Waals surface area contributed by atoms with Crippen molar-refractivity contribution in [1.82, 2.24) is 9.80 Å². The first-order valence-electron chi connectivity index (χ1n) is 10.5. The van der Waals surface area contributed by atoms with E-state index in [0.717, 1.165) is 9.49 Å². The van der Waals surface area contributed by atoms with E-state index in [1.807, 2.05) is 65.0 Å². The topological polar surface area (TPSA) is 68.3 Å². The van der Waals surface area contributed by atoms with E-state index in [9.17, 15) is 9.59 Å². The van der Waals surface area contributed by atoms with E-state index in [1.165, 1.54) is 0 Å². The van der Waals surface area contributed by atoms with Crippen LogP contribution in [0.4, 0.5) is 9.59 Å². The van der Waals surface area contributed by atoms with Gasteiger partial charge in [-0.05, 0) is 0 Å². The summed E-state index contributed by atoms with van der Waals surface area (Å²) in [4.78, 5) is 29.4. The summed E-state index contributed by atoms with van der Waals surface area (Å²) < 4.78 is 18.5. The summed E-state index contributed by atoms with van der Waals surface area (Å²) in [5.74, 6) is 0. The number of ether oxygens (including phenoxy) is 3. The number of hydrogen-bond donors (Lipinski definition) is 0. The van der Waals surface area contributed by atoms with E-state index < -0.39 is 17.4 Å². The fourth-order valence-electron chi connectivity index (χ4n) is 4.19. The molecular weight excluding hydrogens is 573 g/mol. The molecule has 2 aliphatic heterocycles. The monoisotopic (exact) mass is 605 g/mol. The molecule has 3 rings (SSSR count). The van der Waals surface area contributed by atoms with Crippen LogP contribution in [0.3, 0.4) is 0 Å². The molecule has 2 saturated heterocycles. The molecule has 2 amide bonds. The molecule has 0 unspecified atom stereocenters. The van der Waals surface area contributed by atoms with Gasteiger partial charge < -0.3 is 0 Å². The molecule has 0 N–H and O–H groups in total. The van der Waals surface area contributed by atoms with E-state index in [-0.39, 0.29) is 30.9 Å². The van der Waals surface area contributed by atoms with Crippen LogP contribution >= 0.6 is 0 Å². The summed E-state index contributed by atoms with van der Waals surface area (Å²) >= 11 is 0.530. The van der Waals surface area contributed by atoms with Crippen LogP contribution in [0.2, 0.25) is 3.93 Å². The number of likely N-dealkylation sites (tertiary alicyclic amines) is 1. The molecule has 0 spiro atoms. The predicted molar refractivity (Wildman–Crippen MR) is 107 cm³/mol. The number of carbonyl (C=O) groups excluding carboxylic acids is 2. The average molecular weight is 604 g/mol. The summed E-state index contributed by atoms with van der Waals surface area (Å²) in [7, 11) is 0. The molecule has 0 radical (unpaired) electrons. The molecule has 8 heteroatoms. The molecule has 3 atom stereocenters. The Hall–Kier alpha value is -1.34. The zero-order valence-electron chi connectivity index (χ0n) is 18.6. The van der Waals surface area contributed by atoms with Crippen molar-refractivity contribution in [3.8, 4) is 0 Å². The van der Waals surface area contributed by atoms with Crippen molar-refractivity contribution in [2.24, 2.45) is 0 Å². The van der Waals surface area contributed by atoms with E-state index in [4.69, 9.17) is 14.2 Å². The molecule has 0 bridgehead atoms. The Morgan fingerprint density at radius 3 is 2.47 bits per heavy atom. The minimum atomic E-state index is -0.790. The molecule has 30 heavy (non-hydrogen) atoms. The summed E-state index contributed by atoms with van der Waals surface area (Å²) in [5.41, 5.74) is -0.441. The fraction of sp³-hybridized carbons (Fsp3) is 0.636. The van der Waals surface area contributed by atoms with Crippen LogP contribution in [0, 0.1) is 0 Å². The average Bonchev–Trinajstić information content (AvgIpc) is 2.93. The van der Waals surface area contributed by atoms with Gasteiger partial charge in [-0.2, -0.15) is 0 Å². The predicted octanol–water partition coefficient (Wildman–Crippen LogP) is 4.10. The van der Waals surface area contributed by atoms with Gasteiger partial charge in [0, 0.05) is 0 Å². The molecule has 0 saturated carbocycles. The third kappa shape index (κ3) is 5.28. The zero-order valence-corrected chi connectivity index (χ0v) is 24.1. The molecule has 0 aliphatic carbocycles. The first-order chi connectivity index (χ1) is 14.0. The molecule has 1 aromatic carbocycles. The van der Waals surface area contributed by atoms with Gasteiger partial charge in [0.2, 0.25) is 0 Å². The van der Waals surface area contributed by atoms with Crippen molar-refractivity contribution in [3.05, 3.63) is 35.9 Å². The van der Waals surface area contributed by atoms with Crippen molar-refractivity contribution < 1.29 is 49.9 Å². The van der Waals surface area contributed by atoms with Gasteiger partial charge in [-0.25, -0.2) is 0 Å². The number of amides is 2. The van der Waals surface area contributed by atoms with Crippen LogP contribution < -0.4 is 0 Å². The van der Waals surface area contributed by atoms with Gasteiger partial charge in [0.25, 0.3) is 0 Å². The maximum absolute atomic E-state index is 13.0. The van der Waals surface area contributed by atoms with E-state index >= 15 is 0 Å². The Balaban J connectivity index is 1.75. The standard InChI is InChI=1S/C22H31N2O5.Hg/c1-15-12-18-17(24(22(5,6)28-18)20(26)29-21(2,3)4)13-23(15)19(25)27-14-16-10-8-7-9-11-16;/h7-11,15,17-18H,1,12-14H2,2-6H3;/t15-,17+,18-;/m1./s1. The summed E-state index contributed by atoms with van der Waals surface area (Å²) in [5, 5.41) is 0. The minimum absolute atomic E-state index is 0.0900. The third-order valence-electron chi connectivity index (χ3n) is 5.47. The summed E-state index contributed by atoms with van der Waals surface area (Å²) in [6.07, 6.45) is -0.149. The van der Waals surface area contributed by atoms with Gasteiger partial charge >= 0.3 is 195 Å². The Labute approximate surface area is 195 Å². The normalized spacial score (nSPS) is 25.6. The molecular formula is C22H31HgN2O5. The number of benzene rings is 1. The van der Waals surface area contributed by atoms with Gasteiger partial charge in [-0.15, -0.1) is 0 Å². The number of hydrogen-bond acceptors (Lipinski definition) is 5. The SMILES string of the molecule is CC(C)(C)OC(=O)N1[C@H]2CN(C(=O)OCc3ccccc3)[C@H]([CH2][Hg])C[C@H]2OC1(C)C. The Bertz CT molecular complexity index is 765. The Morgan fingerprint density at radius 2 is 1.87 bits per heavy atom. The Kier molecular flexibility index (Phi) is 7.02. The number of piperidine rings is 1. The number of rotatable bonds is 3. The van der Waals surface area contributed by atoms with Crippen molar-refractivity contribution in [1.29, 1.82) is 0 Å². The summed E-state index contributed by atoms with van der Waals surface area (Å²) in [6, 6.07) is 9.49. The van der Waals surface area contributed by atoms with Crippen LogP contribution in [0.15, 0.2) is 30.3 Å². The van der Waals surface area contributed by atoms with Crippen molar-refractivity contribution in [3.63, 3.8) is 0 Å². The van der Waals surface area contributed by atoms with E-state index in [0.29, 0.717) is 39.1 Å². The van der Waals surface area contributed by atoms with Crippen molar-refractivity contribution in [2.45, 2.75) is 81.1 Å². The maximum atomic E-state index is 13.0. The van der Waals surface area contributed by atoms with Crippen LogP contribution in [0.25, 0.3) is 0 Å². The summed E-state index contributed by atoms with van der Waals surface area (Å²) in [6.45, 7) is 9.93.